The zero-order valence-corrected chi connectivity index (χ0v) is 18.4. The van der Waals surface area contributed by atoms with E-state index in [1.807, 2.05) is 36.7 Å². The van der Waals surface area contributed by atoms with E-state index >= 15 is 0 Å². The molecule has 0 aliphatic carbocycles. The van der Waals surface area contributed by atoms with E-state index in [9.17, 15) is 8.78 Å². The van der Waals surface area contributed by atoms with E-state index in [2.05, 4.69) is 25.5 Å². The topological polar surface area (TPSA) is 65.3 Å². The lowest BCUT2D eigenvalue weighted by atomic mass is 10.0. The van der Waals surface area contributed by atoms with E-state index < -0.39 is 6.61 Å². The number of benzene rings is 2. The average molecular weight is 463 g/mol. The molecule has 1 saturated heterocycles. The highest BCUT2D eigenvalue weighted by Gasteiger charge is 2.29. The Kier molecular flexibility index (Phi) is 5.33. The summed E-state index contributed by atoms with van der Waals surface area (Å²) in [6, 6.07) is 13.0. The summed E-state index contributed by atoms with van der Waals surface area (Å²) in [5, 5.41) is 0. The summed E-state index contributed by atoms with van der Waals surface area (Å²) < 4.78 is 38.4. The van der Waals surface area contributed by atoms with Crippen molar-refractivity contribution in [2.24, 2.45) is 0 Å². The van der Waals surface area contributed by atoms with Crippen molar-refractivity contribution in [2.45, 2.75) is 25.5 Å². The highest BCUT2D eigenvalue weighted by atomic mass is 19.3. The fourth-order valence-corrected chi connectivity index (χ4v) is 4.89. The number of fused-ring (bicyclic) bond motifs is 3. The van der Waals surface area contributed by atoms with Crippen molar-refractivity contribution in [1.82, 2.24) is 19.5 Å². The van der Waals surface area contributed by atoms with Crippen molar-refractivity contribution in [2.75, 3.05) is 31.2 Å². The Balaban J connectivity index is 1.36. The molecule has 6 rings (SSSR count). The van der Waals surface area contributed by atoms with Crippen molar-refractivity contribution in [1.29, 1.82) is 0 Å². The molecule has 0 radical (unpaired) electrons. The number of halogens is 2. The lowest BCUT2D eigenvalue weighted by Crippen LogP contribution is -2.37. The van der Waals surface area contributed by atoms with Gasteiger partial charge in [0.25, 0.3) is 0 Å². The first kappa shape index (κ1) is 21.0. The second-order valence-electron chi connectivity index (χ2n) is 8.44. The van der Waals surface area contributed by atoms with E-state index in [0.717, 1.165) is 59.5 Å². The molecular weight excluding hydrogens is 440 g/mol. The van der Waals surface area contributed by atoms with Gasteiger partial charge in [-0.1, -0.05) is 24.3 Å². The minimum atomic E-state index is -2.87. The molecule has 1 unspecified atom stereocenters. The van der Waals surface area contributed by atoms with Crippen molar-refractivity contribution >= 4 is 17.0 Å². The second-order valence-corrected chi connectivity index (χ2v) is 8.44. The third-order valence-corrected chi connectivity index (χ3v) is 6.48. The number of alkyl halides is 2. The fourth-order valence-electron chi connectivity index (χ4n) is 4.89. The molecule has 4 aromatic rings. The Morgan fingerprint density at radius 2 is 1.79 bits per heavy atom. The predicted octanol–water partition coefficient (Wildman–Crippen LogP) is 4.47. The van der Waals surface area contributed by atoms with Crippen molar-refractivity contribution in [3.05, 3.63) is 66.2 Å². The summed E-state index contributed by atoms with van der Waals surface area (Å²) >= 11 is 0. The van der Waals surface area contributed by atoms with Gasteiger partial charge in [-0.15, -0.1) is 0 Å². The van der Waals surface area contributed by atoms with Crippen LogP contribution in [0.1, 0.15) is 23.9 Å². The molecule has 2 aromatic heterocycles. The molecule has 2 aliphatic heterocycles. The van der Waals surface area contributed by atoms with Gasteiger partial charge in [0.15, 0.2) is 0 Å². The van der Waals surface area contributed by atoms with Gasteiger partial charge in [0.05, 0.1) is 30.3 Å². The van der Waals surface area contributed by atoms with E-state index in [1.54, 1.807) is 12.1 Å². The number of aromatic nitrogens is 4. The normalized spacial score (nSPS) is 18.0. The molecule has 7 nitrogen and oxygen atoms in total. The van der Waals surface area contributed by atoms with Crippen LogP contribution in [0, 0.1) is 0 Å². The van der Waals surface area contributed by atoms with Gasteiger partial charge < -0.3 is 18.9 Å². The third-order valence-electron chi connectivity index (χ3n) is 6.48. The molecule has 9 heteroatoms. The summed E-state index contributed by atoms with van der Waals surface area (Å²) in [5.41, 5.74) is 4.46. The van der Waals surface area contributed by atoms with E-state index in [1.165, 1.54) is 0 Å². The lowest BCUT2D eigenvalue weighted by Gasteiger charge is -2.26. The zero-order valence-electron chi connectivity index (χ0n) is 18.4. The average Bonchev–Trinajstić information content (AvgIpc) is 3.44. The van der Waals surface area contributed by atoms with Crippen LogP contribution in [0.15, 0.2) is 54.9 Å². The van der Waals surface area contributed by atoms with Gasteiger partial charge in [0.2, 0.25) is 5.95 Å². The minimum Gasteiger partial charge on any atom is -0.434 e. The lowest BCUT2D eigenvalue weighted by molar-refractivity contribution is -0.0506. The molecule has 0 amide bonds. The first-order valence-corrected chi connectivity index (χ1v) is 11.4. The molecular formula is C25H23F2N5O2. The minimum absolute atomic E-state index is 0.120. The second kappa shape index (κ2) is 8.64. The van der Waals surface area contributed by atoms with Crippen LogP contribution in [0.5, 0.6) is 5.75 Å². The number of nitrogens with zero attached hydrogens (tertiary/aromatic N) is 5. The smallest absolute Gasteiger partial charge is 0.387 e. The van der Waals surface area contributed by atoms with Gasteiger partial charge in [0.1, 0.15) is 11.6 Å². The van der Waals surface area contributed by atoms with Crippen LogP contribution in [0.3, 0.4) is 0 Å². The Morgan fingerprint density at radius 3 is 2.59 bits per heavy atom. The monoisotopic (exact) mass is 463 g/mol. The van der Waals surface area contributed by atoms with Crippen LogP contribution in [0.4, 0.5) is 14.7 Å². The predicted molar refractivity (Wildman–Crippen MR) is 123 cm³/mol. The van der Waals surface area contributed by atoms with E-state index in [-0.39, 0.29) is 11.8 Å². The molecule has 2 aliphatic rings. The molecule has 174 valence electrons. The molecule has 34 heavy (non-hydrogen) atoms. The SMILES string of the molecule is FC(F)Oc1ccccc1C1CCc2nc3ccc(-c4cnc(N5CCOCC5)nc4)cc3n21. The summed E-state index contributed by atoms with van der Waals surface area (Å²) in [7, 11) is 0. The van der Waals surface area contributed by atoms with Crippen LogP contribution in [-0.2, 0) is 11.2 Å². The van der Waals surface area contributed by atoms with Crippen LogP contribution in [-0.4, -0.2) is 52.4 Å². The largest absolute Gasteiger partial charge is 0.434 e. The number of morpholine rings is 1. The highest BCUT2D eigenvalue weighted by molar-refractivity contribution is 5.83. The van der Waals surface area contributed by atoms with Crippen molar-refractivity contribution in [3.8, 4) is 16.9 Å². The maximum Gasteiger partial charge on any atom is 0.387 e. The first-order chi connectivity index (χ1) is 16.7. The van der Waals surface area contributed by atoms with Gasteiger partial charge >= 0.3 is 6.61 Å². The summed E-state index contributed by atoms with van der Waals surface area (Å²) in [4.78, 5) is 16.0. The molecule has 0 bridgehead atoms. The molecule has 4 heterocycles. The maximum absolute atomic E-state index is 13.0. The molecule has 0 N–H and O–H groups in total. The van der Waals surface area contributed by atoms with Crippen LogP contribution in [0.25, 0.3) is 22.2 Å². The van der Waals surface area contributed by atoms with Gasteiger partial charge in [-0.05, 0) is 30.2 Å². The summed E-state index contributed by atoms with van der Waals surface area (Å²) in [6.07, 6.45) is 5.23. The Hall–Kier alpha value is -3.59. The number of anilines is 1. The van der Waals surface area contributed by atoms with Crippen LogP contribution in [0.2, 0.25) is 0 Å². The van der Waals surface area contributed by atoms with Crippen LogP contribution < -0.4 is 9.64 Å². The number of hydrogen-bond acceptors (Lipinski definition) is 6. The van der Waals surface area contributed by atoms with Gasteiger partial charge in [-0.2, -0.15) is 8.78 Å². The molecule has 0 spiro atoms. The van der Waals surface area contributed by atoms with Crippen molar-refractivity contribution in [3.63, 3.8) is 0 Å². The van der Waals surface area contributed by atoms with Gasteiger partial charge in [0, 0.05) is 43.0 Å². The number of para-hydroxylation sites is 1. The van der Waals surface area contributed by atoms with E-state index in [4.69, 9.17) is 14.5 Å². The maximum atomic E-state index is 13.0. The highest BCUT2D eigenvalue weighted by Crippen LogP contribution is 2.40. The van der Waals surface area contributed by atoms with Crippen LogP contribution >= 0.6 is 0 Å². The fraction of sp³-hybridized carbons (Fsp3) is 0.320. The van der Waals surface area contributed by atoms with E-state index in [0.29, 0.717) is 19.2 Å². The summed E-state index contributed by atoms with van der Waals surface area (Å²) in [6.45, 7) is 0.0618. The number of imidazole rings is 1. The molecule has 1 atom stereocenters. The third kappa shape index (κ3) is 3.75. The van der Waals surface area contributed by atoms with Gasteiger partial charge in [-0.3, -0.25) is 0 Å². The van der Waals surface area contributed by atoms with Crippen molar-refractivity contribution < 1.29 is 18.3 Å². The summed E-state index contributed by atoms with van der Waals surface area (Å²) in [5.74, 6) is 1.86. The standard InChI is InChI=1S/C25H23F2N5O2/c26-24(27)34-22-4-2-1-3-18(22)20-7-8-23-30-19-6-5-16(13-21(19)32(20)23)17-14-28-25(29-15-17)31-9-11-33-12-10-31/h1-6,13-15,20,24H,7-12H2. The first-order valence-electron chi connectivity index (χ1n) is 11.4. The quantitative estimate of drug-likeness (QED) is 0.435. The number of aryl methyl sites for hydroxylation is 1. The van der Waals surface area contributed by atoms with Gasteiger partial charge in [-0.25, -0.2) is 15.0 Å². The Labute approximate surface area is 195 Å². The zero-order chi connectivity index (χ0) is 23.1. The molecule has 0 saturated carbocycles. The Bertz CT molecular complexity index is 1320. The number of ether oxygens (including phenoxy) is 2. The Morgan fingerprint density at radius 1 is 1.00 bits per heavy atom. The number of rotatable bonds is 5. The molecule has 2 aromatic carbocycles. The number of hydrogen-bond donors (Lipinski definition) is 0. The molecule has 1 fully saturated rings.